The zero-order valence-corrected chi connectivity index (χ0v) is 10.8. The molecule has 6 heteroatoms. The molecule has 0 radical (unpaired) electrons. The van der Waals surface area contributed by atoms with Gasteiger partial charge in [-0.1, -0.05) is 6.07 Å². The van der Waals surface area contributed by atoms with E-state index in [9.17, 15) is 13.6 Å². The number of amides is 1. The van der Waals surface area contributed by atoms with Crippen LogP contribution in [0, 0.1) is 11.6 Å². The van der Waals surface area contributed by atoms with Crippen molar-refractivity contribution < 1.29 is 13.6 Å². The highest BCUT2D eigenvalue weighted by Gasteiger charge is 2.15. The number of carbonyl (C=O) groups excluding carboxylic acids is 1. The zero-order valence-electron chi connectivity index (χ0n) is 10.8. The van der Waals surface area contributed by atoms with E-state index in [2.05, 4.69) is 15.3 Å². The van der Waals surface area contributed by atoms with E-state index in [1.807, 2.05) is 0 Å². The van der Waals surface area contributed by atoms with Gasteiger partial charge in [0.25, 0.3) is 5.91 Å². The standard InChI is InChI=1S/C14H13F2N3O/c1-9(7-10-11(15)3-2-4-12(10)16)19-14(20)13-8-17-5-6-18-13/h2-6,8-9H,7H2,1H3,(H,19,20). The Kier molecular flexibility index (Phi) is 4.34. The minimum absolute atomic E-state index is 0.0422. The minimum Gasteiger partial charge on any atom is -0.348 e. The molecule has 0 spiro atoms. The van der Waals surface area contributed by atoms with Crippen molar-refractivity contribution in [3.05, 3.63) is 59.7 Å². The molecule has 0 aliphatic rings. The summed E-state index contributed by atoms with van der Waals surface area (Å²) >= 11 is 0. The van der Waals surface area contributed by atoms with Gasteiger partial charge in [0.1, 0.15) is 17.3 Å². The molecular weight excluding hydrogens is 264 g/mol. The predicted molar refractivity (Wildman–Crippen MR) is 69.0 cm³/mol. The largest absolute Gasteiger partial charge is 0.348 e. The molecule has 1 aromatic heterocycles. The van der Waals surface area contributed by atoms with E-state index >= 15 is 0 Å². The summed E-state index contributed by atoms with van der Waals surface area (Å²) in [6.07, 6.45) is 4.24. The maximum absolute atomic E-state index is 13.5. The van der Waals surface area contributed by atoms with Crippen LogP contribution >= 0.6 is 0 Å². The lowest BCUT2D eigenvalue weighted by Crippen LogP contribution is -2.35. The highest BCUT2D eigenvalue weighted by molar-refractivity contribution is 5.92. The summed E-state index contributed by atoms with van der Waals surface area (Å²) in [5.41, 5.74) is 0.118. The molecule has 0 bridgehead atoms. The molecule has 1 atom stereocenters. The van der Waals surface area contributed by atoms with E-state index in [0.29, 0.717) is 0 Å². The Bertz CT molecular complexity index is 584. The first-order valence-corrected chi connectivity index (χ1v) is 6.07. The van der Waals surface area contributed by atoms with Gasteiger partial charge in [-0.3, -0.25) is 9.78 Å². The van der Waals surface area contributed by atoms with Gasteiger partial charge in [-0.15, -0.1) is 0 Å². The van der Waals surface area contributed by atoms with Crippen molar-refractivity contribution in [2.45, 2.75) is 19.4 Å². The fraction of sp³-hybridized carbons (Fsp3) is 0.214. The molecular formula is C14H13F2N3O. The van der Waals surface area contributed by atoms with Gasteiger partial charge in [-0.25, -0.2) is 13.8 Å². The quantitative estimate of drug-likeness (QED) is 0.931. The third kappa shape index (κ3) is 3.34. The van der Waals surface area contributed by atoms with Crippen molar-refractivity contribution in [3.8, 4) is 0 Å². The maximum atomic E-state index is 13.5. The van der Waals surface area contributed by atoms with Crippen LogP contribution in [-0.4, -0.2) is 21.9 Å². The van der Waals surface area contributed by atoms with Crippen LogP contribution in [-0.2, 0) is 6.42 Å². The molecule has 0 aliphatic carbocycles. The third-order valence-electron chi connectivity index (χ3n) is 2.75. The first-order valence-electron chi connectivity index (χ1n) is 6.07. The average Bonchev–Trinajstić information content (AvgIpc) is 2.44. The number of benzene rings is 1. The molecule has 4 nitrogen and oxygen atoms in total. The molecule has 1 unspecified atom stereocenters. The van der Waals surface area contributed by atoms with Crippen LogP contribution in [0.3, 0.4) is 0 Å². The first kappa shape index (κ1) is 14.0. The van der Waals surface area contributed by atoms with Crippen molar-refractivity contribution in [2.24, 2.45) is 0 Å². The lowest BCUT2D eigenvalue weighted by Gasteiger charge is -2.14. The van der Waals surface area contributed by atoms with E-state index in [4.69, 9.17) is 0 Å². The highest BCUT2D eigenvalue weighted by Crippen LogP contribution is 2.14. The van der Waals surface area contributed by atoms with Gasteiger partial charge in [-0.05, 0) is 25.5 Å². The molecule has 20 heavy (non-hydrogen) atoms. The van der Waals surface area contributed by atoms with Gasteiger partial charge >= 0.3 is 0 Å². The Morgan fingerprint density at radius 3 is 2.60 bits per heavy atom. The van der Waals surface area contributed by atoms with Gasteiger partial charge < -0.3 is 5.32 Å². The number of hydrogen-bond acceptors (Lipinski definition) is 3. The Morgan fingerprint density at radius 1 is 1.30 bits per heavy atom. The van der Waals surface area contributed by atoms with Crippen LogP contribution in [0.2, 0.25) is 0 Å². The summed E-state index contributed by atoms with van der Waals surface area (Å²) in [4.78, 5) is 19.4. The molecule has 0 fully saturated rings. The van der Waals surface area contributed by atoms with E-state index < -0.39 is 23.6 Å². The molecule has 0 saturated carbocycles. The number of hydrogen-bond donors (Lipinski definition) is 1. The van der Waals surface area contributed by atoms with Crippen molar-refractivity contribution in [3.63, 3.8) is 0 Å². The van der Waals surface area contributed by atoms with Crippen LogP contribution in [0.25, 0.3) is 0 Å². The second-order valence-electron chi connectivity index (χ2n) is 4.37. The van der Waals surface area contributed by atoms with E-state index in [1.165, 1.54) is 36.8 Å². The predicted octanol–water partition coefficient (Wildman–Crippen LogP) is 2.12. The normalized spacial score (nSPS) is 11.9. The summed E-state index contributed by atoms with van der Waals surface area (Å²) in [7, 11) is 0. The number of nitrogens with zero attached hydrogens (tertiary/aromatic N) is 2. The summed E-state index contributed by atoms with van der Waals surface area (Å²) in [5, 5.41) is 2.62. The maximum Gasteiger partial charge on any atom is 0.271 e. The van der Waals surface area contributed by atoms with Gasteiger partial charge in [0.05, 0.1) is 6.20 Å². The van der Waals surface area contributed by atoms with Crippen LogP contribution in [0.15, 0.2) is 36.8 Å². The second-order valence-corrected chi connectivity index (χ2v) is 4.37. The molecule has 2 rings (SSSR count). The van der Waals surface area contributed by atoms with Crippen molar-refractivity contribution in [1.29, 1.82) is 0 Å². The average molecular weight is 277 g/mol. The van der Waals surface area contributed by atoms with Crippen molar-refractivity contribution in [2.75, 3.05) is 0 Å². The molecule has 2 aromatic rings. The highest BCUT2D eigenvalue weighted by atomic mass is 19.1. The van der Waals surface area contributed by atoms with Gasteiger partial charge in [0.15, 0.2) is 0 Å². The molecule has 1 heterocycles. The number of carbonyl (C=O) groups is 1. The molecule has 0 aliphatic heterocycles. The third-order valence-corrected chi connectivity index (χ3v) is 2.75. The van der Waals surface area contributed by atoms with Gasteiger partial charge in [0, 0.05) is 24.0 Å². The van der Waals surface area contributed by atoms with E-state index in [-0.39, 0.29) is 17.7 Å². The van der Waals surface area contributed by atoms with Crippen LogP contribution in [0.5, 0.6) is 0 Å². The second kappa shape index (κ2) is 6.18. The van der Waals surface area contributed by atoms with Gasteiger partial charge in [-0.2, -0.15) is 0 Å². The number of aromatic nitrogens is 2. The lowest BCUT2D eigenvalue weighted by molar-refractivity contribution is 0.0934. The zero-order chi connectivity index (χ0) is 14.5. The number of halogens is 2. The molecule has 104 valence electrons. The molecule has 1 amide bonds. The lowest BCUT2D eigenvalue weighted by atomic mass is 10.1. The molecule has 0 saturated heterocycles. The van der Waals surface area contributed by atoms with E-state index in [0.717, 1.165) is 0 Å². The molecule has 1 N–H and O–H groups in total. The fourth-order valence-electron chi connectivity index (χ4n) is 1.80. The van der Waals surface area contributed by atoms with Crippen molar-refractivity contribution in [1.82, 2.24) is 15.3 Å². The number of rotatable bonds is 4. The summed E-state index contributed by atoms with van der Waals surface area (Å²) in [6.45, 7) is 1.67. The van der Waals surface area contributed by atoms with Crippen LogP contribution < -0.4 is 5.32 Å². The minimum atomic E-state index is -0.620. The van der Waals surface area contributed by atoms with Crippen LogP contribution in [0.1, 0.15) is 23.0 Å². The number of nitrogens with one attached hydrogen (secondary N) is 1. The first-order chi connectivity index (χ1) is 9.58. The SMILES string of the molecule is CC(Cc1c(F)cccc1F)NC(=O)c1cnccn1. The Balaban J connectivity index is 2.03. The fourth-order valence-corrected chi connectivity index (χ4v) is 1.80. The summed E-state index contributed by atoms with van der Waals surface area (Å²) in [6, 6.07) is 3.25. The Labute approximate surface area is 114 Å². The van der Waals surface area contributed by atoms with Crippen LogP contribution in [0.4, 0.5) is 8.78 Å². The Hall–Kier alpha value is -2.37. The van der Waals surface area contributed by atoms with Crippen molar-refractivity contribution >= 4 is 5.91 Å². The Morgan fingerprint density at radius 2 is 2.00 bits per heavy atom. The summed E-state index contributed by atoms with van der Waals surface area (Å²) in [5.74, 6) is -1.67. The molecule has 1 aromatic carbocycles. The smallest absolute Gasteiger partial charge is 0.271 e. The topological polar surface area (TPSA) is 54.9 Å². The van der Waals surface area contributed by atoms with Gasteiger partial charge in [0.2, 0.25) is 0 Å². The summed E-state index contributed by atoms with van der Waals surface area (Å²) < 4.78 is 27.0. The monoisotopic (exact) mass is 277 g/mol. The van der Waals surface area contributed by atoms with E-state index in [1.54, 1.807) is 6.92 Å².